The van der Waals surface area contributed by atoms with Gasteiger partial charge in [0.2, 0.25) is 0 Å². The van der Waals surface area contributed by atoms with Crippen molar-refractivity contribution in [2.75, 3.05) is 5.32 Å². The lowest BCUT2D eigenvalue weighted by Gasteiger charge is -2.08. The van der Waals surface area contributed by atoms with E-state index in [0.29, 0.717) is 12.2 Å². The summed E-state index contributed by atoms with van der Waals surface area (Å²) < 4.78 is 1.41. The SMILES string of the molecule is Cc1cccc(-c2cccc(CNc3ccc4nnnn4n3)c2)c1. The number of aryl methyl sites for hydroxylation is 1. The van der Waals surface area contributed by atoms with Crippen LogP contribution in [0, 0.1) is 6.92 Å². The highest BCUT2D eigenvalue weighted by Gasteiger charge is 2.02. The summed E-state index contributed by atoms with van der Waals surface area (Å²) in [6.07, 6.45) is 0. The van der Waals surface area contributed by atoms with Crippen molar-refractivity contribution in [2.45, 2.75) is 13.5 Å². The number of fused-ring (bicyclic) bond motifs is 1. The molecule has 4 rings (SSSR count). The van der Waals surface area contributed by atoms with Crippen molar-refractivity contribution in [3.8, 4) is 11.1 Å². The second kappa shape index (κ2) is 6.08. The van der Waals surface area contributed by atoms with Crippen LogP contribution in [0.25, 0.3) is 16.8 Å². The standard InChI is InChI=1S/C18H16N6/c1-13-4-2-6-15(10-13)16-7-3-5-14(11-16)12-19-17-8-9-18-20-22-23-24(18)21-17/h2-11H,12H2,1H3,(H,19,21). The number of tetrazole rings is 1. The molecule has 0 unspecified atom stereocenters. The Morgan fingerprint density at radius 2 is 1.79 bits per heavy atom. The van der Waals surface area contributed by atoms with Crippen molar-refractivity contribution in [3.05, 3.63) is 71.8 Å². The summed E-state index contributed by atoms with van der Waals surface area (Å²) in [6, 6.07) is 20.7. The van der Waals surface area contributed by atoms with E-state index in [2.05, 4.69) is 81.4 Å². The maximum absolute atomic E-state index is 4.31. The Labute approximate surface area is 139 Å². The first-order chi connectivity index (χ1) is 11.8. The molecule has 6 nitrogen and oxygen atoms in total. The van der Waals surface area contributed by atoms with E-state index >= 15 is 0 Å². The Balaban J connectivity index is 1.53. The predicted octanol–water partition coefficient (Wildman–Crippen LogP) is 3.11. The van der Waals surface area contributed by atoms with Crippen LogP contribution >= 0.6 is 0 Å². The fraction of sp³-hybridized carbons (Fsp3) is 0.111. The molecule has 6 heteroatoms. The molecule has 1 N–H and O–H groups in total. The van der Waals surface area contributed by atoms with Gasteiger partial charge in [0.15, 0.2) is 5.65 Å². The predicted molar refractivity (Wildman–Crippen MR) is 92.5 cm³/mol. The summed E-state index contributed by atoms with van der Waals surface area (Å²) in [5, 5.41) is 18.8. The molecular weight excluding hydrogens is 300 g/mol. The van der Waals surface area contributed by atoms with Crippen molar-refractivity contribution in [1.82, 2.24) is 25.3 Å². The van der Waals surface area contributed by atoms with Crippen LogP contribution in [0.2, 0.25) is 0 Å². The zero-order chi connectivity index (χ0) is 16.4. The Bertz CT molecular complexity index is 991. The molecule has 0 radical (unpaired) electrons. The van der Waals surface area contributed by atoms with Gasteiger partial charge in [0.25, 0.3) is 0 Å². The van der Waals surface area contributed by atoms with Crippen molar-refractivity contribution in [1.29, 1.82) is 0 Å². The van der Waals surface area contributed by atoms with Crippen LogP contribution in [0.5, 0.6) is 0 Å². The van der Waals surface area contributed by atoms with Gasteiger partial charge in [-0.05, 0) is 52.2 Å². The number of nitrogens with one attached hydrogen (secondary N) is 1. The molecule has 0 saturated carbocycles. The minimum absolute atomic E-state index is 0.627. The highest BCUT2D eigenvalue weighted by molar-refractivity contribution is 5.65. The maximum atomic E-state index is 4.31. The first-order valence-electron chi connectivity index (χ1n) is 7.73. The van der Waals surface area contributed by atoms with Gasteiger partial charge < -0.3 is 5.32 Å². The molecular formula is C18H16N6. The maximum Gasteiger partial charge on any atom is 0.200 e. The minimum atomic E-state index is 0.627. The molecule has 118 valence electrons. The lowest BCUT2D eigenvalue weighted by atomic mass is 10.0. The second-order valence-corrected chi connectivity index (χ2v) is 5.67. The monoisotopic (exact) mass is 316 g/mol. The largest absolute Gasteiger partial charge is 0.365 e. The number of rotatable bonds is 4. The van der Waals surface area contributed by atoms with E-state index in [1.807, 2.05) is 12.1 Å². The first-order valence-corrected chi connectivity index (χ1v) is 7.73. The number of hydrogen-bond donors (Lipinski definition) is 1. The first kappa shape index (κ1) is 14.3. The third-order valence-corrected chi connectivity index (χ3v) is 3.82. The van der Waals surface area contributed by atoms with Gasteiger partial charge in [0, 0.05) is 6.54 Å². The molecule has 0 bridgehead atoms. The summed E-state index contributed by atoms with van der Waals surface area (Å²) in [7, 11) is 0. The van der Waals surface area contributed by atoms with Crippen molar-refractivity contribution in [2.24, 2.45) is 0 Å². The molecule has 0 aliphatic heterocycles. The summed E-state index contributed by atoms with van der Waals surface area (Å²) in [5.41, 5.74) is 5.51. The van der Waals surface area contributed by atoms with Gasteiger partial charge in [-0.3, -0.25) is 0 Å². The van der Waals surface area contributed by atoms with E-state index in [4.69, 9.17) is 0 Å². The molecule has 24 heavy (non-hydrogen) atoms. The van der Waals surface area contributed by atoms with Crippen LogP contribution in [0.3, 0.4) is 0 Å². The van der Waals surface area contributed by atoms with Crippen LogP contribution < -0.4 is 5.32 Å². The molecule has 0 saturated heterocycles. The number of aromatic nitrogens is 5. The Kier molecular flexibility index (Phi) is 3.63. The molecule has 0 aliphatic rings. The highest BCUT2D eigenvalue weighted by Crippen LogP contribution is 2.21. The van der Waals surface area contributed by atoms with Gasteiger partial charge in [-0.25, -0.2) is 0 Å². The van der Waals surface area contributed by atoms with Crippen molar-refractivity contribution >= 4 is 11.5 Å². The summed E-state index contributed by atoms with van der Waals surface area (Å²) in [6.45, 7) is 2.79. The van der Waals surface area contributed by atoms with Gasteiger partial charge in [0.05, 0.1) is 0 Å². The van der Waals surface area contributed by atoms with E-state index < -0.39 is 0 Å². The van der Waals surface area contributed by atoms with Crippen LogP contribution in [0.4, 0.5) is 5.82 Å². The molecule has 0 spiro atoms. The second-order valence-electron chi connectivity index (χ2n) is 5.67. The highest BCUT2D eigenvalue weighted by atomic mass is 15.6. The van der Waals surface area contributed by atoms with E-state index in [0.717, 1.165) is 5.82 Å². The van der Waals surface area contributed by atoms with Crippen LogP contribution in [-0.2, 0) is 6.54 Å². The zero-order valence-corrected chi connectivity index (χ0v) is 13.2. The molecule has 4 aromatic rings. The number of hydrogen-bond acceptors (Lipinski definition) is 5. The van der Waals surface area contributed by atoms with Gasteiger partial charge >= 0.3 is 0 Å². The lowest BCUT2D eigenvalue weighted by molar-refractivity contribution is 0.734. The quantitative estimate of drug-likeness (QED) is 0.626. The average molecular weight is 316 g/mol. The third kappa shape index (κ3) is 2.94. The van der Waals surface area contributed by atoms with Crippen LogP contribution in [0.1, 0.15) is 11.1 Å². The van der Waals surface area contributed by atoms with E-state index in [1.165, 1.54) is 26.9 Å². The fourth-order valence-corrected chi connectivity index (χ4v) is 2.62. The minimum Gasteiger partial charge on any atom is -0.365 e. The fourth-order valence-electron chi connectivity index (χ4n) is 2.62. The Hall–Kier alpha value is -3.28. The summed E-state index contributed by atoms with van der Waals surface area (Å²) >= 11 is 0. The molecule has 2 heterocycles. The smallest absolute Gasteiger partial charge is 0.200 e. The van der Waals surface area contributed by atoms with Gasteiger partial charge in [-0.1, -0.05) is 48.0 Å². The van der Waals surface area contributed by atoms with Crippen LogP contribution in [-0.4, -0.2) is 25.3 Å². The van der Waals surface area contributed by atoms with Crippen LogP contribution in [0.15, 0.2) is 60.7 Å². The summed E-state index contributed by atoms with van der Waals surface area (Å²) in [5.74, 6) is 0.732. The molecule has 2 aromatic heterocycles. The van der Waals surface area contributed by atoms with Crippen molar-refractivity contribution < 1.29 is 0 Å². The Morgan fingerprint density at radius 3 is 2.67 bits per heavy atom. The summed E-state index contributed by atoms with van der Waals surface area (Å²) in [4.78, 5) is 0. The van der Waals surface area contributed by atoms with E-state index in [-0.39, 0.29) is 0 Å². The number of nitrogens with zero attached hydrogens (tertiary/aromatic N) is 5. The molecule has 0 fully saturated rings. The molecule has 2 aromatic carbocycles. The third-order valence-electron chi connectivity index (χ3n) is 3.82. The van der Waals surface area contributed by atoms with E-state index in [1.54, 1.807) is 0 Å². The number of anilines is 1. The van der Waals surface area contributed by atoms with Gasteiger partial charge in [-0.2, -0.15) is 0 Å². The number of benzene rings is 2. The molecule has 0 atom stereocenters. The van der Waals surface area contributed by atoms with Gasteiger partial charge in [0.1, 0.15) is 5.82 Å². The Morgan fingerprint density at radius 1 is 0.958 bits per heavy atom. The average Bonchev–Trinajstić information content (AvgIpc) is 3.08. The van der Waals surface area contributed by atoms with Gasteiger partial charge in [-0.15, -0.1) is 14.8 Å². The zero-order valence-electron chi connectivity index (χ0n) is 13.2. The molecule has 0 amide bonds. The van der Waals surface area contributed by atoms with Crippen molar-refractivity contribution in [3.63, 3.8) is 0 Å². The molecule has 0 aliphatic carbocycles. The van der Waals surface area contributed by atoms with E-state index in [9.17, 15) is 0 Å². The topological polar surface area (TPSA) is 68.0 Å². The lowest BCUT2D eigenvalue weighted by Crippen LogP contribution is -2.04. The normalized spacial score (nSPS) is 10.9.